The molecule has 0 aliphatic carbocycles. The van der Waals surface area contributed by atoms with Gasteiger partial charge in [0.15, 0.2) is 0 Å². The Kier molecular flexibility index (Phi) is 7.85. The summed E-state index contributed by atoms with van der Waals surface area (Å²) in [5, 5.41) is 2.97. The quantitative estimate of drug-likeness (QED) is 0.515. The summed E-state index contributed by atoms with van der Waals surface area (Å²) in [4.78, 5) is 17.6. The van der Waals surface area contributed by atoms with Gasteiger partial charge in [0, 0.05) is 62.8 Å². The third kappa shape index (κ3) is 6.19. The van der Waals surface area contributed by atoms with Gasteiger partial charge in [-0.3, -0.25) is 9.69 Å². The number of sulfonamides is 1. The molecule has 2 heterocycles. The number of anilines is 2. The van der Waals surface area contributed by atoms with Crippen LogP contribution in [0.1, 0.15) is 15.9 Å². The van der Waals surface area contributed by atoms with E-state index in [1.807, 2.05) is 54.6 Å². The molecule has 0 aromatic heterocycles. The number of carbonyl (C=O) groups excluding carboxylic acids is 1. The fourth-order valence-corrected chi connectivity index (χ4v) is 6.11. The van der Waals surface area contributed by atoms with Crippen LogP contribution in [0.15, 0.2) is 83.8 Å². The summed E-state index contributed by atoms with van der Waals surface area (Å²) in [5.74, 6) is -0.148. The first kappa shape index (κ1) is 25.4. The smallest absolute Gasteiger partial charge is 0.255 e. The molecule has 2 aliphatic heterocycles. The van der Waals surface area contributed by atoms with Gasteiger partial charge in [0.2, 0.25) is 10.0 Å². The average Bonchev–Trinajstić information content (AvgIpc) is 2.95. The summed E-state index contributed by atoms with van der Waals surface area (Å²) in [6.07, 6.45) is 0. The van der Waals surface area contributed by atoms with Crippen LogP contribution in [-0.2, 0) is 21.3 Å². The second kappa shape index (κ2) is 11.4. The summed E-state index contributed by atoms with van der Waals surface area (Å²) in [6, 6.07) is 24.1. The van der Waals surface area contributed by atoms with E-state index in [4.69, 9.17) is 4.74 Å². The van der Waals surface area contributed by atoms with E-state index in [9.17, 15) is 13.2 Å². The highest BCUT2D eigenvalue weighted by Gasteiger charge is 2.28. The summed E-state index contributed by atoms with van der Waals surface area (Å²) in [6.45, 7) is 6.18. The third-order valence-corrected chi connectivity index (χ3v) is 8.75. The van der Waals surface area contributed by atoms with Crippen LogP contribution in [0, 0.1) is 0 Å². The van der Waals surface area contributed by atoms with Crippen LogP contribution in [0.3, 0.4) is 0 Å². The Balaban J connectivity index is 1.11. The summed E-state index contributed by atoms with van der Waals surface area (Å²) < 4.78 is 32.6. The molecular weight excluding hydrogens is 488 g/mol. The lowest BCUT2D eigenvalue weighted by atomic mass is 10.1. The molecule has 37 heavy (non-hydrogen) atoms. The molecule has 8 nitrogen and oxygen atoms in total. The van der Waals surface area contributed by atoms with E-state index in [1.165, 1.54) is 0 Å². The molecule has 0 unspecified atom stereocenters. The number of hydrogen-bond acceptors (Lipinski definition) is 6. The number of benzene rings is 3. The summed E-state index contributed by atoms with van der Waals surface area (Å²) in [5.41, 5.74) is 3.57. The van der Waals surface area contributed by atoms with Crippen molar-refractivity contribution < 1.29 is 17.9 Å². The highest BCUT2D eigenvalue weighted by atomic mass is 32.2. The predicted molar refractivity (Wildman–Crippen MR) is 144 cm³/mol. The van der Waals surface area contributed by atoms with Gasteiger partial charge in [-0.15, -0.1) is 0 Å². The van der Waals surface area contributed by atoms with Gasteiger partial charge >= 0.3 is 0 Å². The van der Waals surface area contributed by atoms with Gasteiger partial charge in [-0.1, -0.05) is 30.3 Å². The first-order valence-corrected chi connectivity index (χ1v) is 14.0. The Morgan fingerprint density at radius 1 is 0.784 bits per heavy atom. The molecule has 2 fully saturated rings. The summed E-state index contributed by atoms with van der Waals surface area (Å²) in [7, 11) is -3.45. The number of rotatable bonds is 7. The number of morpholine rings is 1. The molecular formula is C28H32N4O4S. The van der Waals surface area contributed by atoms with E-state index >= 15 is 0 Å². The number of nitrogens with one attached hydrogen (secondary N) is 1. The largest absolute Gasteiger partial charge is 0.378 e. The van der Waals surface area contributed by atoms with Crippen LogP contribution in [0.25, 0.3) is 0 Å². The van der Waals surface area contributed by atoms with Crippen LogP contribution < -0.4 is 10.2 Å². The van der Waals surface area contributed by atoms with Gasteiger partial charge in [-0.2, -0.15) is 4.31 Å². The molecule has 0 saturated carbocycles. The molecule has 1 amide bonds. The average molecular weight is 521 g/mol. The fourth-order valence-electron chi connectivity index (χ4n) is 4.67. The maximum absolute atomic E-state index is 12.8. The van der Waals surface area contributed by atoms with Crippen molar-refractivity contribution in [1.29, 1.82) is 0 Å². The van der Waals surface area contributed by atoms with Crippen LogP contribution >= 0.6 is 0 Å². The molecule has 0 spiro atoms. The maximum atomic E-state index is 12.8. The predicted octanol–water partition coefficient (Wildman–Crippen LogP) is 3.28. The van der Waals surface area contributed by atoms with Crippen LogP contribution in [-0.4, -0.2) is 76.0 Å². The lowest BCUT2D eigenvalue weighted by Crippen LogP contribution is -2.48. The monoisotopic (exact) mass is 520 g/mol. The number of ether oxygens (including phenoxy) is 1. The van der Waals surface area contributed by atoms with Gasteiger partial charge in [0.25, 0.3) is 5.91 Å². The number of amides is 1. The van der Waals surface area contributed by atoms with Gasteiger partial charge in [0.1, 0.15) is 0 Å². The van der Waals surface area contributed by atoms with Crippen molar-refractivity contribution in [2.75, 3.05) is 62.7 Å². The Labute approximate surface area is 218 Å². The zero-order valence-electron chi connectivity index (χ0n) is 20.8. The van der Waals surface area contributed by atoms with Gasteiger partial charge < -0.3 is 15.0 Å². The molecule has 0 atom stereocenters. The fraction of sp³-hybridized carbons (Fsp3) is 0.321. The maximum Gasteiger partial charge on any atom is 0.255 e. The topological polar surface area (TPSA) is 82.2 Å². The minimum absolute atomic E-state index is 0.148. The Morgan fingerprint density at radius 2 is 1.43 bits per heavy atom. The van der Waals surface area contributed by atoms with Crippen molar-refractivity contribution >= 4 is 27.3 Å². The van der Waals surface area contributed by atoms with E-state index in [1.54, 1.807) is 28.6 Å². The number of carbonyl (C=O) groups is 1. The van der Waals surface area contributed by atoms with Crippen molar-refractivity contribution in [2.24, 2.45) is 0 Å². The number of hydrogen-bond donors (Lipinski definition) is 1. The minimum atomic E-state index is -3.45. The number of nitrogens with zero attached hydrogens (tertiary/aromatic N) is 3. The zero-order valence-corrected chi connectivity index (χ0v) is 21.6. The van der Waals surface area contributed by atoms with Crippen LogP contribution in [0.5, 0.6) is 0 Å². The van der Waals surface area contributed by atoms with Crippen LogP contribution in [0.2, 0.25) is 0 Å². The number of piperazine rings is 1. The SMILES string of the molecule is O=C(Nc1ccc(N2CCOCC2)cc1)c1ccc(CN2CCN(S(=O)(=O)c3ccccc3)CC2)cc1. The van der Waals surface area contributed by atoms with E-state index < -0.39 is 10.0 Å². The van der Waals surface area contributed by atoms with E-state index in [0.29, 0.717) is 43.2 Å². The van der Waals surface area contributed by atoms with E-state index in [-0.39, 0.29) is 5.91 Å². The zero-order chi connectivity index (χ0) is 25.7. The standard InChI is InChI=1S/C28H32N4O4S/c33-28(29-25-10-12-26(13-11-25)31-18-20-36-21-19-31)24-8-6-23(7-9-24)22-30-14-16-32(17-15-30)37(34,35)27-4-2-1-3-5-27/h1-13H,14-22H2,(H,29,33). The van der Waals surface area contributed by atoms with Crippen molar-refractivity contribution in [3.05, 3.63) is 90.0 Å². The Morgan fingerprint density at radius 3 is 2.08 bits per heavy atom. The lowest BCUT2D eigenvalue weighted by molar-refractivity contribution is 0.102. The van der Waals surface area contributed by atoms with Gasteiger partial charge in [0.05, 0.1) is 18.1 Å². The third-order valence-electron chi connectivity index (χ3n) is 6.84. The van der Waals surface area contributed by atoms with Gasteiger partial charge in [-0.05, 0) is 54.1 Å². The molecule has 194 valence electrons. The van der Waals surface area contributed by atoms with Crippen molar-refractivity contribution in [3.8, 4) is 0 Å². The molecule has 9 heteroatoms. The molecule has 3 aromatic rings. The first-order valence-electron chi connectivity index (χ1n) is 12.6. The molecule has 5 rings (SSSR count). The van der Waals surface area contributed by atoms with Crippen molar-refractivity contribution in [1.82, 2.24) is 9.21 Å². The van der Waals surface area contributed by atoms with E-state index in [0.717, 1.165) is 43.2 Å². The molecule has 1 N–H and O–H groups in total. The van der Waals surface area contributed by atoms with Crippen molar-refractivity contribution in [2.45, 2.75) is 11.4 Å². The molecule has 0 bridgehead atoms. The second-order valence-corrected chi connectivity index (χ2v) is 11.2. The second-order valence-electron chi connectivity index (χ2n) is 9.29. The Bertz CT molecular complexity index is 1280. The highest BCUT2D eigenvalue weighted by Crippen LogP contribution is 2.21. The minimum Gasteiger partial charge on any atom is -0.378 e. The lowest BCUT2D eigenvalue weighted by Gasteiger charge is -2.34. The molecule has 2 aliphatic rings. The van der Waals surface area contributed by atoms with Crippen molar-refractivity contribution in [3.63, 3.8) is 0 Å². The van der Waals surface area contributed by atoms with Gasteiger partial charge in [-0.25, -0.2) is 8.42 Å². The molecule has 2 saturated heterocycles. The first-order chi connectivity index (χ1) is 18.0. The molecule has 3 aromatic carbocycles. The van der Waals surface area contributed by atoms with E-state index in [2.05, 4.69) is 15.1 Å². The Hall–Kier alpha value is -3.24. The highest BCUT2D eigenvalue weighted by molar-refractivity contribution is 7.89. The molecule has 0 radical (unpaired) electrons. The normalized spacial score (nSPS) is 17.5. The summed E-state index contributed by atoms with van der Waals surface area (Å²) >= 11 is 0. The van der Waals surface area contributed by atoms with Crippen LogP contribution in [0.4, 0.5) is 11.4 Å².